The summed E-state index contributed by atoms with van der Waals surface area (Å²) in [6.07, 6.45) is 6.83. The Morgan fingerprint density at radius 2 is 2.00 bits per heavy atom. The predicted octanol–water partition coefficient (Wildman–Crippen LogP) is 4.69. The van der Waals surface area contributed by atoms with Crippen LogP contribution in [0.1, 0.15) is 21.7 Å². The van der Waals surface area contributed by atoms with Crippen molar-refractivity contribution >= 4 is 27.5 Å². The van der Waals surface area contributed by atoms with Crippen LogP contribution in [0.2, 0.25) is 0 Å². The Morgan fingerprint density at radius 1 is 1.14 bits per heavy atom. The second-order valence-corrected chi connectivity index (χ2v) is 7.34. The molecular formula is C21H18BrN5O. The zero-order valence-corrected chi connectivity index (χ0v) is 17.0. The second kappa shape index (κ2) is 7.44. The van der Waals surface area contributed by atoms with Gasteiger partial charge in [-0.2, -0.15) is 0 Å². The van der Waals surface area contributed by atoms with Crippen LogP contribution in [0.25, 0.3) is 11.5 Å². The van der Waals surface area contributed by atoms with Gasteiger partial charge in [-0.3, -0.25) is 9.36 Å². The Balaban J connectivity index is 1.58. The van der Waals surface area contributed by atoms with Crippen molar-refractivity contribution in [3.05, 3.63) is 88.8 Å². The van der Waals surface area contributed by atoms with Crippen LogP contribution in [0.5, 0.6) is 0 Å². The van der Waals surface area contributed by atoms with E-state index >= 15 is 0 Å². The SMILES string of the molecule is Cc1cc(C(=O)Nc2ccc(-n3ccnc3)nc2)c(C)n1-c1cccc(Br)c1. The van der Waals surface area contributed by atoms with Crippen molar-refractivity contribution in [2.24, 2.45) is 0 Å². The van der Waals surface area contributed by atoms with E-state index in [4.69, 9.17) is 0 Å². The van der Waals surface area contributed by atoms with Gasteiger partial charge in [-0.15, -0.1) is 0 Å². The molecular weight excluding hydrogens is 418 g/mol. The third-order valence-corrected chi connectivity index (χ3v) is 5.01. The van der Waals surface area contributed by atoms with E-state index in [2.05, 4.69) is 35.8 Å². The van der Waals surface area contributed by atoms with Gasteiger partial charge in [-0.25, -0.2) is 9.97 Å². The number of hydrogen-bond acceptors (Lipinski definition) is 3. The van der Waals surface area contributed by atoms with Crippen molar-refractivity contribution in [1.29, 1.82) is 0 Å². The minimum Gasteiger partial charge on any atom is -0.321 e. The molecule has 0 atom stereocenters. The molecule has 0 fully saturated rings. The van der Waals surface area contributed by atoms with Crippen molar-refractivity contribution < 1.29 is 4.79 Å². The number of pyridine rings is 1. The van der Waals surface area contributed by atoms with E-state index in [9.17, 15) is 4.79 Å². The summed E-state index contributed by atoms with van der Waals surface area (Å²) in [5, 5.41) is 2.93. The zero-order chi connectivity index (χ0) is 19.7. The third kappa shape index (κ3) is 3.48. The van der Waals surface area contributed by atoms with Gasteiger partial charge < -0.3 is 9.88 Å². The highest BCUT2D eigenvalue weighted by atomic mass is 79.9. The first-order valence-electron chi connectivity index (χ1n) is 8.73. The summed E-state index contributed by atoms with van der Waals surface area (Å²) < 4.78 is 4.87. The highest BCUT2D eigenvalue weighted by Gasteiger charge is 2.17. The number of anilines is 1. The van der Waals surface area contributed by atoms with Crippen molar-refractivity contribution in [3.63, 3.8) is 0 Å². The lowest BCUT2D eigenvalue weighted by molar-refractivity contribution is 0.102. The Hall–Kier alpha value is -3.19. The molecule has 1 aromatic carbocycles. The van der Waals surface area contributed by atoms with E-state index in [-0.39, 0.29) is 5.91 Å². The van der Waals surface area contributed by atoms with Gasteiger partial charge in [0.05, 0.1) is 17.4 Å². The van der Waals surface area contributed by atoms with Crippen molar-refractivity contribution in [3.8, 4) is 11.5 Å². The molecule has 3 heterocycles. The first-order valence-corrected chi connectivity index (χ1v) is 9.53. The molecule has 0 spiro atoms. The number of rotatable bonds is 4. The van der Waals surface area contributed by atoms with Crippen LogP contribution >= 0.6 is 15.9 Å². The molecule has 4 aromatic rings. The lowest BCUT2D eigenvalue weighted by Crippen LogP contribution is -2.13. The number of nitrogens with one attached hydrogen (secondary N) is 1. The molecule has 3 aromatic heterocycles. The first-order chi connectivity index (χ1) is 13.5. The van der Waals surface area contributed by atoms with E-state index < -0.39 is 0 Å². The molecule has 1 amide bonds. The molecule has 7 heteroatoms. The number of aromatic nitrogens is 4. The molecule has 0 unspecified atom stereocenters. The Morgan fingerprint density at radius 3 is 2.68 bits per heavy atom. The standard InChI is InChI=1S/C21H18BrN5O/c1-14-10-19(15(2)27(14)18-5-3-4-16(22)11-18)21(28)25-17-6-7-20(24-12-17)26-9-8-23-13-26/h3-13H,1-2H3,(H,25,28). The summed E-state index contributed by atoms with van der Waals surface area (Å²) in [7, 11) is 0. The predicted molar refractivity (Wildman–Crippen MR) is 112 cm³/mol. The molecule has 140 valence electrons. The summed E-state index contributed by atoms with van der Waals surface area (Å²) in [5.41, 5.74) is 4.16. The lowest BCUT2D eigenvalue weighted by Gasteiger charge is -2.11. The smallest absolute Gasteiger partial charge is 0.257 e. The monoisotopic (exact) mass is 435 g/mol. The molecule has 0 saturated carbocycles. The fourth-order valence-electron chi connectivity index (χ4n) is 3.21. The molecule has 0 aliphatic carbocycles. The van der Waals surface area contributed by atoms with Gasteiger partial charge in [0, 0.05) is 33.9 Å². The number of carbonyl (C=O) groups excluding carboxylic acids is 1. The summed E-state index contributed by atoms with van der Waals surface area (Å²) >= 11 is 3.50. The minimum atomic E-state index is -0.161. The maximum atomic E-state index is 12.8. The number of amides is 1. The highest BCUT2D eigenvalue weighted by molar-refractivity contribution is 9.10. The number of nitrogens with zero attached hydrogens (tertiary/aromatic N) is 4. The van der Waals surface area contributed by atoms with Crippen LogP contribution in [-0.4, -0.2) is 25.0 Å². The maximum Gasteiger partial charge on any atom is 0.257 e. The molecule has 0 saturated heterocycles. The molecule has 28 heavy (non-hydrogen) atoms. The lowest BCUT2D eigenvalue weighted by atomic mass is 10.2. The van der Waals surface area contributed by atoms with Crippen LogP contribution in [0.4, 0.5) is 5.69 Å². The number of halogens is 1. The van der Waals surface area contributed by atoms with Crippen LogP contribution < -0.4 is 5.32 Å². The second-order valence-electron chi connectivity index (χ2n) is 6.43. The summed E-state index contributed by atoms with van der Waals surface area (Å²) in [5.74, 6) is 0.579. The van der Waals surface area contributed by atoms with E-state index in [1.54, 1.807) is 23.3 Å². The van der Waals surface area contributed by atoms with Crippen molar-refractivity contribution in [2.45, 2.75) is 13.8 Å². The molecule has 0 aliphatic heterocycles. The van der Waals surface area contributed by atoms with Crippen LogP contribution in [0.15, 0.2) is 71.9 Å². The normalized spacial score (nSPS) is 10.8. The molecule has 0 aliphatic rings. The third-order valence-electron chi connectivity index (χ3n) is 4.52. The number of aryl methyl sites for hydroxylation is 1. The fourth-order valence-corrected chi connectivity index (χ4v) is 3.60. The van der Waals surface area contributed by atoms with Crippen LogP contribution in [-0.2, 0) is 0 Å². The van der Waals surface area contributed by atoms with Crippen LogP contribution in [0, 0.1) is 13.8 Å². The van der Waals surface area contributed by atoms with Crippen molar-refractivity contribution in [2.75, 3.05) is 5.32 Å². The van der Waals surface area contributed by atoms with Crippen LogP contribution in [0.3, 0.4) is 0 Å². The largest absolute Gasteiger partial charge is 0.321 e. The average Bonchev–Trinajstić information content (AvgIpc) is 3.30. The van der Waals surface area contributed by atoms with Gasteiger partial charge in [0.2, 0.25) is 0 Å². The Bertz CT molecular complexity index is 1130. The fraction of sp³-hybridized carbons (Fsp3) is 0.0952. The molecule has 0 radical (unpaired) electrons. The number of benzene rings is 1. The van der Waals surface area contributed by atoms with Gasteiger partial charge in [0.15, 0.2) is 0 Å². The molecule has 1 N–H and O–H groups in total. The van der Waals surface area contributed by atoms with E-state index in [1.807, 2.05) is 62.5 Å². The topological polar surface area (TPSA) is 64.7 Å². The van der Waals surface area contributed by atoms with E-state index in [1.165, 1.54) is 0 Å². The zero-order valence-electron chi connectivity index (χ0n) is 15.4. The van der Waals surface area contributed by atoms with Gasteiger partial charge >= 0.3 is 0 Å². The number of imidazole rings is 1. The Kier molecular flexibility index (Phi) is 4.83. The van der Waals surface area contributed by atoms with Gasteiger partial charge in [-0.05, 0) is 50.2 Å². The molecule has 0 bridgehead atoms. The summed E-state index contributed by atoms with van der Waals surface area (Å²) in [6, 6.07) is 13.6. The van der Waals surface area contributed by atoms with Gasteiger partial charge in [-0.1, -0.05) is 22.0 Å². The summed E-state index contributed by atoms with van der Waals surface area (Å²) in [6.45, 7) is 3.94. The maximum absolute atomic E-state index is 12.8. The molecule has 4 rings (SSSR count). The first kappa shape index (κ1) is 18.2. The van der Waals surface area contributed by atoms with Gasteiger partial charge in [0.25, 0.3) is 5.91 Å². The van der Waals surface area contributed by atoms with Crippen molar-refractivity contribution in [1.82, 2.24) is 19.1 Å². The van der Waals surface area contributed by atoms with E-state index in [0.29, 0.717) is 11.3 Å². The van der Waals surface area contributed by atoms with Gasteiger partial charge in [0.1, 0.15) is 12.1 Å². The Labute approximate surface area is 171 Å². The average molecular weight is 436 g/mol. The molecule has 6 nitrogen and oxygen atoms in total. The minimum absolute atomic E-state index is 0.161. The number of carbonyl (C=O) groups is 1. The quantitative estimate of drug-likeness (QED) is 0.505. The highest BCUT2D eigenvalue weighted by Crippen LogP contribution is 2.24. The van der Waals surface area contributed by atoms with E-state index in [0.717, 1.165) is 27.4 Å². The summed E-state index contributed by atoms with van der Waals surface area (Å²) in [4.78, 5) is 21.2. The number of hydrogen-bond donors (Lipinski definition) is 1.